The second-order valence-corrected chi connectivity index (χ2v) is 3.91. The highest BCUT2D eigenvalue weighted by atomic mass is 14.7. The van der Waals surface area contributed by atoms with E-state index in [0.717, 1.165) is 5.92 Å². The largest absolute Gasteiger partial charge is 0.327 e. The molecule has 0 heterocycles. The molecule has 0 aliphatic heterocycles. The summed E-state index contributed by atoms with van der Waals surface area (Å²) >= 11 is 0. The Hall–Kier alpha value is -0.300. The van der Waals surface area contributed by atoms with E-state index in [1.165, 1.54) is 12.8 Å². The van der Waals surface area contributed by atoms with Crippen LogP contribution in [-0.4, -0.2) is 6.04 Å². The normalized spacial score (nSPS) is 34.2. The van der Waals surface area contributed by atoms with Crippen molar-refractivity contribution in [3.8, 4) is 0 Å². The van der Waals surface area contributed by atoms with E-state index in [-0.39, 0.29) is 0 Å². The van der Waals surface area contributed by atoms with E-state index in [4.69, 9.17) is 5.73 Å². The summed E-state index contributed by atoms with van der Waals surface area (Å²) in [5, 5.41) is 0. The Morgan fingerprint density at radius 3 is 1.82 bits per heavy atom. The van der Waals surface area contributed by atoms with Gasteiger partial charge >= 0.3 is 0 Å². The van der Waals surface area contributed by atoms with Gasteiger partial charge in [-0.25, -0.2) is 0 Å². The Kier molecular flexibility index (Phi) is 3.81. The molecule has 0 aromatic heterocycles. The van der Waals surface area contributed by atoms with E-state index in [1.807, 2.05) is 0 Å². The van der Waals surface area contributed by atoms with E-state index in [2.05, 4.69) is 33.9 Å². The summed E-state index contributed by atoms with van der Waals surface area (Å²) in [6, 6.07) is 0.437. The topological polar surface area (TPSA) is 26.0 Å². The van der Waals surface area contributed by atoms with Crippen LogP contribution in [0.2, 0.25) is 0 Å². The van der Waals surface area contributed by atoms with Crippen molar-refractivity contribution >= 4 is 0 Å². The van der Waals surface area contributed by atoms with E-state index < -0.39 is 0 Å². The molecule has 1 aliphatic rings. The van der Waals surface area contributed by atoms with Gasteiger partial charge in [-0.2, -0.15) is 0 Å². The fourth-order valence-corrected chi connectivity index (χ4v) is 1.54. The lowest BCUT2D eigenvalue weighted by Gasteiger charge is -2.28. The molecule has 1 aliphatic carbocycles. The first kappa shape index (κ1) is 10.7. The van der Waals surface area contributed by atoms with Gasteiger partial charge in [-0.05, 0) is 24.2 Å². The van der Waals surface area contributed by atoms with Crippen LogP contribution >= 0.6 is 0 Å². The molecule has 0 saturated heterocycles. The van der Waals surface area contributed by atoms with Gasteiger partial charge in [0.05, 0.1) is 0 Å². The van der Waals surface area contributed by atoms with Crippen molar-refractivity contribution < 1.29 is 0 Å². The van der Waals surface area contributed by atoms with Crippen LogP contribution < -0.4 is 5.73 Å². The van der Waals surface area contributed by atoms with Crippen LogP contribution in [-0.2, 0) is 0 Å². The first-order valence-corrected chi connectivity index (χ1v) is 4.30. The molecule has 1 heteroatoms. The average Bonchev–Trinajstić information content (AvgIpc) is 2.21. The Balaban J connectivity index is 0.000000461. The van der Waals surface area contributed by atoms with E-state index in [9.17, 15) is 0 Å². The third-order valence-corrected chi connectivity index (χ3v) is 3.14. The molecule has 66 valence electrons. The molecule has 2 N–H and O–H groups in total. The van der Waals surface area contributed by atoms with Crippen molar-refractivity contribution in [2.45, 2.75) is 39.7 Å². The van der Waals surface area contributed by atoms with Gasteiger partial charge in [0.1, 0.15) is 0 Å². The molecule has 0 bridgehead atoms. The standard InChI is InChI=1S/C8H17N.C2H4/c1-6-4-5-7(9)8(6,2)3;1-2/h6-7H,4-5,9H2,1-3H3;1-2H2/t6?,7-;/m1./s1. The summed E-state index contributed by atoms with van der Waals surface area (Å²) in [5.41, 5.74) is 6.29. The fourth-order valence-electron chi connectivity index (χ4n) is 1.54. The van der Waals surface area contributed by atoms with Crippen molar-refractivity contribution in [1.29, 1.82) is 0 Å². The van der Waals surface area contributed by atoms with Crippen LogP contribution in [0, 0.1) is 11.3 Å². The number of rotatable bonds is 0. The van der Waals surface area contributed by atoms with Crippen molar-refractivity contribution in [1.82, 2.24) is 0 Å². The minimum Gasteiger partial charge on any atom is -0.327 e. The molecule has 2 atom stereocenters. The molecule has 1 nitrogen and oxygen atoms in total. The molecule has 11 heavy (non-hydrogen) atoms. The first-order chi connectivity index (χ1) is 5.05. The zero-order chi connectivity index (χ0) is 9.07. The minimum atomic E-state index is 0.389. The van der Waals surface area contributed by atoms with E-state index in [1.54, 1.807) is 0 Å². The quantitative estimate of drug-likeness (QED) is 0.535. The average molecular weight is 155 g/mol. The monoisotopic (exact) mass is 155 g/mol. The second kappa shape index (κ2) is 3.91. The third kappa shape index (κ3) is 2.06. The highest BCUT2D eigenvalue weighted by Crippen LogP contribution is 2.40. The van der Waals surface area contributed by atoms with Gasteiger partial charge < -0.3 is 5.73 Å². The summed E-state index contributed by atoms with van der Waals surface area (Å²) in [5.74, 6) is 0.812. The molecule has 0 aromatic carbocycles. The number of hydrogen-bond acceptors (Lipinski definition) is 1. The van der Waals surface area contributed by atoms with Gasteiger partial charge in [0, 0.05) is 6.04 Å². The molecule has 1 rings (SSSR count). The van der Waals surface area contributed by atoms with Gasteiger partial charge in [-0.1, -0.05) is 20.8 Å². The predicted molar refractivity (Wildman–Crippen MR) is 51.4 cm³/mol. The third-order valence-electron chi connectivity index (χ3n) is 3.14. The molecule has 0 aromatic rings. The molecule has 0 radical (unpaired) electrons. The molecule has 1 unspecified atom stereocenters. The molecular formula is C10H21N. The van der Waals surface area contributed by atoms with Crippen molar-refractivity contribution in [3.63, 3.8) is 0 Å². The zero-order valence-corrected chi connectivity index (χ0v) is 8.06. The minimum absolute atomic E-state index is 0.389. The summed E-state index contributed by atoms with van der Waals surface area (Å²) in [6.45, 7) is 12.8. The van der Waals surface area contributed by atoms with Crippen LogP contribution in [0.4, 0.5) is 0 Å². The fraction of sp³-hybridized carbons (Fsp3) is 0.800. The maximum absolute atomic E-state index is 5.90. The lowest BCUT2D eigenvalue weighted by Crippen LogP contribution is -2.34. The van der Waals surface area contributed by atoms with Crippen LogP contribution in [0.25, 0.3) is 0 Å². The lowest BCUT2D eigenvalue weighted by molar-refractivity contribution is 0.250. The number of hydrogen-bond donors (Lipinski definition) is 1. The predicted octanol–water partition coefficient (Wildman–Crippen LogP) is 2.57. The van der Waals surface area contributed by atoms with Gasteiger partial charge in [0.2, 0.25) is 0 Å². The highest BCUT2D eigenvalue weighted by Gasteiger charge is 2.37. The zero-order valence-electron chi connectivity index (χ0n) is 8.06. The van der Waals surface area contributed by atoms with Gasteiger partial charge in [-0.15, -0.1) is 13.2 Å². The molecule has 1 saturated carbocycles. The van der Waals surface area contributed by atoms with E-state index in [0.29, 0.717) is 11.5 Å². The maximum atomic E-state index is 5.90. The van der Waals surface area contributed by atoms with Crippen LogP contribution in [0.15, 0.2) is 13.2 Å². The molecule has 1 fully saturated rings. The van der Waals surface area contributed by atoms with Crippen molar-refractivity contribution in [3.05, 3.63) is 13.2 Å². The highest BCUT2D eigenvalue weighted by molar-refractivity contribution is 4.92. The Morgan fingerprint density at radius 1 is 1.27 bits per heavy atom. The van der Waals surface area contributed by atoms with Crippen LogP contribution in [0.1, 0.15) is 33.6 Å². The molecular weight excluding hydrogens is 134 g/mol. The summed E-state index contributed by atoms with van der Waals surface area (Å²) in [4.78, 5) is 0. The van der Waals surface area contributed by atoms with Gasteiger partial charge in [0.15, 0.2) is 0 Å². The van der Waals surface area contributed by atoms with Gasteiger partial charge in [0.25, 0.3) is 0 Å². The van der Waals surface area contributed by atoms with Crippen LogP contribution in [0.5, 0.6) is 0 Å². The van der Waals surface area contributed by atoms with E-state index >= 15 is 0 Å². The maximum Gasteiger partial charge on any atom is 0.00929 e. The Morgan fingerprint density at radius 2 is 1.73 bits per heavy atom. The smallest absolute Gasteiger partial charge is 0.00929 e. The molecule has 0 spiro atoms. The SMILES string of the molecule is C=C.CC1CC[C@@H](N)C1(C)C. The lowest BCUT2D eigenvalue weighted by atomic mass is 9.81. The first-order valence-electron chi connectivity index (χ1n) is 4.30. The second-order valence-electron chi connectivity index (χ2n) is 3.91. The summed E-state index contributed by atoms with van der Waals surface area (Å²) < 4.78 is 0. The molecule has 0 amide bonds. The summed E-state index contributed by atoms with van der Waals surface area (Å²) in [7, 11) is 0. The Bertz CT molecular complexity index is 106. The summed E-state index contributed by atoms with van der Waals surface area (Å²) in [6.07, 6.45) is 2.53. The number of nitrogens with two attached hydrogens (primary N) is 1. The van der Waals surface area contributed by atoms with Crippen molar-refractivity contribution in [2.24, 2.45) is 17.1 Å². The Labute approximate surface area is 70.7 Å². The van der Waals surface area contributed by atoms with Crippen LogP contribution in [0.3, 0.4) is 0 Å². The van der Waals surface area contributed by atoms with Crippen molar-refractivity contribution in [2.75, 3.05) is 0 Å². The van der Waals surface area contributed by atoms with Gasteiger partial charge in [-0.3, -0.25) is 0 Å².